The maximum atomic E-state index is 11.5. The maximum Gasteiger partial charge on any atom is 0.317 e. The summed E-state index contributed by atoms with van der Waals surface area (Å²) in [6, 6.07) is -0.155. The molecule has 1 heterocycles. The SMILES string of the molecule is COCCC(C)NC(=O)N1CC(C(=O)O)C1. The number of hydrogen-bond donors (Lipinski definition) is 2. The fourth-order valence-electron chi connectivity index (χ4n) is 1.47. The van der Waals surface area contributed by atoms with Gasteiger partial charge in [-0.2, -0.15) is 0 Å². The third-order valence-electron chi connectivity index (χ3n) is 2.64. The molecule has 1 aliphatic heterocycles. The van der Waals surface area contributed by atoms with Gasteiger partial charge in [-0.1, -0.05) is 0 Å². The van der Waals surface area contributed by atoms with Crippen LogP contribution < -0.4 is 5.32 Å². The van der Waals surface area contributed by atoms with E-state index in [-0.39, 0.29) is 12.1 Å². The van der Waals surface area contributed by atoms with Crippen molar-refractivity contribution in [3.8, 4) is 0 Å². The zero-order chi connectivity index (χ0) is 12.1. The van der Waals surface area contributed by atoms with Gasteiger partial charge in [0.25, 0.3) is 0 Å². The Bertz CT molecular complexity index is 264. The first kappa shape index (κ1) is 12.8. The Morgan fingerprint density at radius 2 is 2.19 bits per heavy atom. The third-order valence-corrected chi connectivity index (χ3v) is 2.64. The van der Waals surface area contributed by atoms with E-state index in [1.165, 1.54) is 4.90 Å². The number of rotatable bonds is 5. The average Bonchev–Trinajstić information content (AvgIpc) is 2.11. The maximum absolute atomic E-state index is 11.5. The van der Waals surface area contributed by atoms with E-state index in [4.69, 9.17) is 9.84 Å². The van der Waals surface area contributed by atoms with Crippen LogP contribution in [0.3, 0.4) is 0 Å². The predicted molar refractivity (Wildman–Crippen MR) is 57.2 cm³/mol. The van der Waals surface area contributed by atoms with Crippen molar-refractivity contribution < 1.29 is 19.4 Å². The molecule has 0 aromatic rings. The number of carbonyl (C=O) groups is 2. The van der Waals surface area contributed by atoms with Crippen molar-refractivity contribution in [1.29, 1.82) is 0 Å². The molecule has 6 nitrogen and oxygen atoms in total. The van der Waals surface area contributed by atoms with Crippen molar-refractivity contribution in [1.82, 2.24) is 10.2 Å². The number of likely N-dealkylation sites (tertiary alicyclic amines) is 1. The molecule has 6 heteroatoms. The van der Waals surface area contributed by atoms with Crippen LogP contribution in [0.5, 0.6) is 0 Å². The van der Waals surface area contributed by atoms with Crippen LogP contribution in [0.4, 0.5) is 4.79 Å². The van der Waals surface area contributed by atoms with Crippen molar-refractivity contribution in [2.75, 3.05) is 26.8 Å². The molecule has 1 fully saturated rings. The number of carboxylic acids is 1. The van der Waals surface area contributed by atoms with Gasteiger partial charge >= 0.3 is 12.0 Å². The van der Waals surface area contributed by atoms with Crippen LogP contribution in [0.2, 0.25) is 0 Å². The number of nitrogens with one attached hydrogen (secondary N) is 1. The molecule has 0 aromatic heterocycles. The Balaban J connectivity index is 2.19. The first-order chi connectivity index (χ1) is 7.54. The average molecular weight is 230 g/mol. The summed E-state index contributed by atoms with van der Waals surface area (Å²) in [5.74, 6) is -1.24. The highest BCUT2D eigenvalue weighted by Crippen LogP contribution is 2.15. The summed E-state index contributed by atoms with van der Waals surface area (Å²) in [6.07, 6.45) is 0.748. The van der Waals surface area contributed by atoms with Gasteiger partial charge in [-0.05, 0) is 13.3 Å². The summed E-state index contributed by atoms with van der Waals surface area (Å²) in [5, 5.41) is 11.4. The van der Waals surface area contributed by atoms with E-state index >= 15 is 0 Å². The van der Waals surface area contributed by atoms with Gasteiger partial charge in [0, 0.05) is 32.8 Å². The quantitative estimate of drug-likeness (QED) is 0.704. The Hall–Kier alpha value is -1.30. The summed E-state index contributed by atoms with van der Waals surface area (Å²) in [6.45, 7) is 3.10. The zero-order valence-electron chi connectivity index (χ0n) is 9.60. The Morgan fingerprint density at radius 1 is 1.56 bits per heavy atom. The molecule has 0 aliphatic carbocycles. The number of amides is 2. The topological polar surface area (TPSA) is 78.9 Å². The van der Waals surface area contributed by atoms with Crippen molar-refractivity contribution in [2.24, 2.45) is 5.92 Å². The molecule has 1 rings (SSSR count). The number of carbonyl (C=O) groups excluding carboxylic acids is 1. The Kier molecular flexibility index (Phi) is 4.54. The number of nitrogens with zero attached hydrogens (tertiary/aromatic N) is 1. The van der Waals surface area contributed by atoms with Crippen LogP contribution >= 0.6 is 0 Å². The highest BCUT2D eigenvalue weighted by Gasteiger charge is 2.35. The van der Waals surface area contributed by atoms with Crippen LogP contribution in [-0.4, -0.2) is 54.9 Å². The minimum Gasteiger partial charge on any atom is -0.481 e. The van der Waals surface area contributed by atoms with Crippen molar-refractivity contribution in [3.05, 3.63) is 0 Å². The minimum atomic E-state index is -0.837. The first-order valence-corrected chi connectivity index (χ1v) is 5.31. The van der Waals surface area contributed by atoms with Gasteiger partial charge in [-0.15, -0.1) is 0 Å². The summed E-state index contributed by atoms with van der Waals surface area (Å²) in [7, 11) is 1.61. The van der Waals surface area contributed by atoms with E-state index in [0.717, 1.165) is 6.42 Å². The molecule has 0 radical (unpaired) electrons. The highest BCUT2D eigenvalue weighted by atomic mass is 16.5. The number of methoxy groups -OCH3 is 1. The lowest BCUT2D eigenvalue weighted by Gasteiger charge is -2.37. The van der Waals surface area contributed by atoms with Crippen LogP contribution in [0.1, 0.15) is 13.3 Å². The molecule has 0 saturated carbocycles. The van der Waals surface area contributed by atoms with Gasteiger partial charge in [-0.3, -0.25) is 4.79 Å². The predicted octanol–water partition coefficient (Wildman–Crippen LogP) is 0.137. The summed E-state index contributed by atoms with van der Waals surface area (Å²) in [5.41, 5.74) is 0. The number of carboxylic acid groups (broad SMARTS) is 1. The lowest BCUT2D eigenvalue weighted by atomic mass is 10.0. The number of hydrogen-bond acceptors (Lipinski definition) is 3. The molecule has 1 saturated heterocycles. The van der Waals surface area contributed by atoms with E-state index < -0.39 is 11.9 Å². The Labute approximate surface area is 94.6 Å². The fourth-order valence-corrected chi connectivity index (χ4v) is 1.47. The molecular formula is C10H18N2O4. The molecule has 0 bridgehead atoms. The van der Waals surface area contributed by atoms with Gasteiger partial charge in [-0.25, -0.2) is 4.79 Å². The smallest absolute Gasteiger partial charge is 0.317 e. The lowest BCUT2D eigenvalue weighted by molar-refractivity contribution is -0.146. The number of aliphatic carboxylic acids is 1. The zero-order valence-corrected chi connectivity index (χ0v) is 9.60. The van der Waals surface area contributed by atoms with Crippen LogP contribution in [0.25, 0.3) is 0 Å². The second-order valence-corrected chi connectivity index (χ2v) is 4.07. The molecule has 1 aliphatic rings. The minimum absolute atomic E-state index is 0.0383. The molecule has 2 amide bonds. The van der Waals surface area contributed by atoms with Crippen LogP contribution in [0.15, 0.2) is 0 Å². The molecule has 2 N–H and O–H groups in total. The second kappa shape index (κ2) is 5.69. The van der Waals surface area contributed by atoms with Gasteiger partial charge in [0.05, 0.1) is 5.92 Å². The molecular weight excluding hydrogens is 212 g/mol. The van der Waals surface area contributed by atoms with Gasteiger partial charge in [0.2, 0.25) is 0 Å². The lowest BCUT2D eigenvalue weighted by Crippen LogP contribution is -2.57. The molecule has 1 unspecified atom stereocenters. The molecule has 0 spiro atoms. The molecule has 0 aromatic carbocycles. The summed E-state index contributed by atoms with van der Waals surface area (Å²) >= 11 is 0. The molecule has 1 atom stereocenters. The second-order valence-electron chi connectivity index (χ2n) is 4.07. The van der Waals surface area contributed by atoms with Crippen molar-refractivity contribution >= 4 is 12.0 Å². The van der Waals surface area contributed by atoms with E-state index in [2.05, 4.69) is 5.32 Å². The van der Waals surface area contributed by atoms with Gasteiger partial charge in [0.15, 0.2) is 0 Å². The van der Waals surface area contributed by atoms with Gasteiger partial charge < -0.3 is 20.1 Å². The summed E-state index contributed by atoms with van der Waals surface area (Å²) in [4.78, 5) is 23.6. The highest BCUT2D eigenvalue weighted by molar-refractivity contribution is 5.79. The van der Waals surface area contributed by atoms with Gasteiger partial charge in [0.1, 0.15) is 0 Å². The van der Waals surface area contributed by atoms with Crippen LogP contribution in [0, 0.1) is 5.92 Å². The van der Waals surface area contributed by atoms with E-state index in [0.29, 0.717) is 19.7 Å². The van der Waals surface area contributed by atoms with E-state index in [9.17, 15) is 9.59 Å². The monoisotopic (exact) mass is 230 g/mol. The fraction of sp³-hybridized carbons (Fsp3) is 0.800. The van der Waals surface area contributed by atoms with E-state index in [1.807, 2.05) is 6.92 Å². The summed E-state index contributed by atoms with van der Waals surface area (Å²) < 4.78 is 4.90. The van der Waals surface area contributed by atoms with Crippen LogP contribution in [-0.2, 0) is 9.53 Å². The normalized spacial score (nSPS) is 17.8. The molecule has 16 heavy (non-hydrogen) atoms. The van der Waals surface area contributed by atoms with Crippen molar-refractivity contribution in [3.63, 3.8) is 0 Å². The number of urea groups is 1. The first-order valence-electron chi connectivity index (χ1n) is 5.31. The molecule has 92 valence electrons. The number of ether oxygens (including phenoxy) is 1. The van der Waals surface area contributed by atoms with E-state index in [1.54, 1.807) is 7.11 Å². The standard InChI is InChI=1S/C10H18N2O4/c1-7(3-4-16-2)11-10(15)12-5-8(6-12)9(13)14/h7-8H,3-6H2,1-2H3,(H,11,15)(H,13,14). The Morgan fingerprint density at radius 3 is 2.69 bits per heavy atom. The van der Waals surface area contributed by atoms with Crippen molar-refractivity contribution in [2.45, 2.75) is 19.4 Å². The third kappa shape index (κ3) is 3.37. The largest absolute Gasteiger partial charge is 0.481 e.